The molecule has 1 heterocycles. The quantitative estimate of drug-likeness (QED) is 0.377. The number of nitrogens with zero attached hydrogens (tertiary/aromatic N) is 1. The lowest BCUT2D eigenvalue weighted by molar-refractivity contribution is 0.0595. The monoisotopic (exact) mass is 417 g/mol. The molecule has 0 amide bonds. The molecule has 0 saturated heterocycles. The van der Waals surface area contributed by atoms with Crippen LogP contribution in [0.15, 0.2) is 83.3 Å². The van der Waals surface area contributed by atoms with Gasteiger partial charge in [-0.25, -0.2) is 9.78 Å². The summed E-state index contributed by atoms with van der Waals surface area (Å²) in [6.07, 6.45) is 0. The second-order valence-electron chi connectivity index (χ2n) is 6.09. The lowest BCUT2D eigenvalue weighted by Crippen LogP contribution is -2.08. The summed E-state index contributed by atoms with van der Waals surface area (Å²) < 4.78 is 6.04. The number of carbonyl (C=O) groups is 1. The van der Waals surface area contributed by atoms with Crippen LogP contribution < -0.4 is 0 Å². The molecule has 0 radical (unpaired) electrons. The van der Waals surface area contributed by atoms with Crippen molar-refractivity contribution in [3.63, 3.8) is 0 Å². The number of aromatic nitrogens is 1. The molecule has 0 N–H and O–H groups in total. The predicted molar refractivity (Wildman–Crippen MR) is 112 cm³/mol. The summed E-state index contributed by atoms with van der Waals surface area (Å²) in [6.45, 7) is 0. The second kappa shape index (κ2) is 7.33. The Hall–Kier alpha value is -2.98. The van der Waals surface area contributed by atoms with Crippen LogP contribution >= 0.6 is 15.9 Å². The Balaban J connectivity index is 2.10. The van der Waals surface area contributed by atoms with Crippen molar-refractivity contribution in [2.24, 2.45) is 0 Å². The molecule has 0 aliphatic heterocycles. The maximum Gasteiger partial charge on any atom is 0.357 e. The van der Waals surface area contributed by atoms with Crippen molar-refractivity contribution < 1.29 is 9.53 Å². The van der Waals surface area contributed by atoms with E-state index in [0.29, 0.717) is 5.69 Å². The third kappa shape index (κ3) is 3.24. The molecule has 0 aliphatic carbocycles. The van der Waals surface area contributed by atoms with Crippen molar-refractivity contribution >= 4 is 32.7 Å². The Morgan fingerprint density at radius 3 is 2.11 bits per heavy atom. The van der Waals surface area contributed by atoms with Gasteiger partial charge in [0.1, 0.15) is 0 Å². The Morgan fingerprint density at radius 2 is 1.44 bits per heavy atom. The van der Waals surface area contributed by atoms with Gasteiger partial charge in [0.15, 0.2) is 5.69 Å². The number of hydrogen-bond donors (Lipinski definition) is 0. The molecule has 0 aliphatic rings. The van der Waals surface area contributed by atoms with Crippen LogP contribution in [0.2, 0.25) is 0 Å². The summed E-state index contributed by atoms with van der Waals surface area (Å²) in [6, 6.07) is 25.7. The molecular weight excluding hydrogens is 402 g/mol. The number of rotatable bonds is 3. The lowest BCUT2D eigenvalue weighted by Gasteiger charge is -2.15. The molecule has 0 bridgehead atoms. The van der Waals surface area contributed by atoms with Crippen molar-refractivity contribution in [2.45, 2.75) is 0 Å². The van der Waals surface area contributed by atoms with Crippen LogP contribution in [0.3, 0.4) is 0 Å². The highest BCUT2D eigenvalue weighted by molar-refractivity contribution is 9.10. The smallest absolute Gasteiger partial charge is 0.357 e. The van der Waals surface area contributed by atoms with Gasteiger partial charge in [-0.2, -0.15) is 0 Å². The molecule has 0 unspecified atom stereocenters. The first-order valence-corrected chi connectivity index (χ1v) is 9.31. The number of halogens is 1. The second-order valence-corrected chi connectivity index (χ2v) is 7.01. The summed E-state index contributed by atoms with van der Waals surface area (Å²) >= 11 is 3.46. The average molecular weight is 418 g/mol. The average Bonchev–Trinajstić information content (AvgIpc) is 2.73. The SMILES string of the molecule is COC(=O)c1nc(-c2ccc(Br)cc2)c2ccccc2c1-c1ccccc1. The van der Waals surface area contributed by atoms with E-state index in [9.17, 15) is 4.79 Å². The van der Waals surface area contributed by atoms with E-state index in [1.807, 2.05) is 78.9 Å². The van der Waals surface area contributed by atoms with Gasteiger partial charge in [0.2, 0.25) is 0 Å². The van der Waals surface area contributed by atoms with Gasteiger partial charge in [-0.05, 0) is 23.1 Å². The van der Waals surface area contributed by atoms with Crippen molar-refractivity contribution in [3.8, 4) is 22.4 Å². The zero-order valence-electron chi connectivity index (χ0n) is 14.6. The third-order valence-electron chi connectivity index (χ3n) is 4.47. The lowest BCUT2D eigenvalue weighted by atomic mass is 9.94. The third-order valence-corrected chi connectivity index (χ3v) is 5.00. The topological polar surface area (TPSA) is 39.2 Å². The number of carbonyl (C=O) groups excluding carboxylic acids is 1. The first kappa shape index (κ1) is 17.4. The number of benzene rings is 3. The van der Waals surface area contributed by atoms with Gasteiger partial charge in [-0.15, -0.1) is 0 Å². The predicted octanol–water partition coefficient (Wildman–Crippen LogP) is 6.12. The zero-order chi connectivity index (χ0) is 18.8. The standard InChI is InChI=1S/C23H16BrNO2/c1-27-23(26)22-20(15-7-3-2-4-8-15)18-9-5-6-10-19(18)21(25-22)16-11-13-17(24)14-12-16/h2-14H,1H3. The van der Waals surface area contributed by atoms with E-state index in [1.165, 1.54) is 7.11 Å². The summed E-state index contributed by atoms with van der Waals surface area (Å²) in [4.78, 5) is 17.4. The van der Waals surface area contributed by atoms with E-state index in [1.54, 1.807) is 0 Å². The fourth-order valence-corrected chi connectivity index (χ4v) is 3.50. The fourth-order valence-electron chi connectivity index (χ4n) is 3.23. The summed E-state index contributed by atoms with van der Waals surface area (Å²) in [5.74, 6) is -0.446. The van der Waals surface area contributed by atoms with Crippen molar-refractivity contribution in [1.29, 1.82) is 0 Å². The van der Waals surface area contributed by atoms with Gasteiger partial charge < -0.3 is 4.74 Å². The van der Waals surface area contributed by atoms with Gasteiger partial charge >= 0.3 is 5.97 Å². The number of fused-ring (bicyclic) bond motifs is 1. The molecular formula is C23H16BrNO2. The van der Waals surface area contributed by atoms with E-state index < -0.39 is 5.97 Å². The highest BCUT2D eigenvalue weighted by atomic mass is 79.9. The minimum Gasteiger partial charge on any atom is -0.464 e. The van der Waals surface area contributed by atoms with Crippen LogP contribution in [0.5, 0.6) is 0 Å². The van der Waals surface area contributed by atoms with Crippen molar-refractivity contribution in [3.05, 3.63) is 89.0 Å². The number of esters is 1. The Morgan fingerprint density at radius 1 is 0.815 bits per heavy atom. The molecule has 1 aromatic heterocycles. The number of methoxy groups -OCH3 is 1. The summed E-state index contributed by atoms with van der Waals surface area (Å²) in [7, 11) is 1.38. The molecule has 132 valence electrons. The van der Waals surface area contributed by atoms with Crippen LogP contribution in [-0.2, 0) is 4.74 Å². The van der Waals surface area contributed by atoms with Crippen LogP contribution in [0.25, 0.3) is 33.2 Å². The molecule has 27 heavy (non-hydrogen) atoms. The van der Waals surface area contributed by atoms with Gasteiger partial charge in [0.25, 0.3) is 0 Å². The highest BCUT2D eigenvalue weighted by Crippen LogP contribution is 2.37. The first-order chi connectivity index (χ1) is 13.2. The highest BCUT2D eigenvalue weighted by Gasteiger charge is 2.21. The van der Waals surface area contributed by atoms with E-state index in [2.05, 4.69) is 15.9 Å². The Labute approximate surface area is 165 Å². The summed E-state index contributed by atoms with van der Waals surface area (Å²) in [5, 5.41) is 1.96. The maximum atomic E-state index is 12.6. The van der Waals surface area contributed by atoms with E-state index in [0.717, 1.165) is 37.6 Å². The van der Waals surface area contributed by atoms with Gasteiger partial charge in [-0.1, -0.05) is 82.7 Å². The Kier molecular flexibility index (Phi) is 4.73. The van der Waals surface area contributed by atoms with Gasteiger partial charge in [0, 0.05) is 21.0 Å². The molecule has 0 spiro atoms. The van der Waals surface area contributed by atoms with Gasteiger partial charge in [-0.3, -0.25) is 0 Å². The molecule has 0 saturated carbocycles. The minimum absolute atomic E-state index is 0.320. The largest absolute Gasteiger partial charge is 0.464 e. The number of ether oxygens (including phenoxy) is 1. The van der Waals surface area contributed by atoms with Gasteiger partial charge in [0.05, 0.1) is 12.8 Å². The maximum absolute atomic E-state index is 12.6. The zero-order valence-corrected chi connectivity index (χ0v) is 16.2. The fraction of sp³-hybridized carbons (Fsp3) is 0.0435. The molecule has 4 aromatic rings. The van der Waals surface area contributed by atoms with Crippen molar-refractivity contribution in [2.75, 3.05) is 7.11 Å². The normalized spacial score (nSPS) is 10.7. The molecule has 3 nitrogen and oxygen atoms in total. The Bertz CT molecular complexity index is 1120. The number of pyridine rings is 1. The molecule has 4 rings (SSSR count). The van der Waals surface area contributed by atoms with Crippen LogP contribution in [0, 0.1) is 0 Å². The van der Waals surface area contributed by atoms with E-state index >= 15 is 0 Å². The first-order valence-electron chi connectivity index (χ1n) is 8.51. The van der Waals surface area contributed by atoms with E-state index in [4.69, 9.17) is 9.72 Å². The van der Waals surface area contributed by atoms with E-state index in [-0.39, 0.29) is 0 Å². The molecule has 0 fully saturated rings. The molecule has 3 aromatic carbocycles. The minimum atomic E-state index is -0.446. The number of hydrogen-bond acceptors (Lipinski definition) is 3. The van der Waals surface area contributed by atoms with Crippen molar-refractivity contribution in [1.82, 2.24) is 4.98 Å². The van der Waals surface area contributed by atoms with Crippen LogP contribution in [0.1, 0.15) is 10.5 Å². The van der Waals surface area contributed by atoms with Crippen LogP contribution in [-0.4, -0.2) is 18.1 Å². The molecule has 0 atom stereocenters. The summed E-state index contributed by atoms with van der Waals surface area (Å²) in [5.41, 5.74) is 3.75. The van der Waals surface area contributed by atoms with Crippen LogP contribution in [0.4, 0.5) is 0 Å². The molecule has 4 heteroatoms.